The van der Waals surface area contributed by atoms with E-state index in [1.165, 1.54) is 0 Å². The summed E-state index contributed by atoms with van der Waals surface area (Å²) in [7, 11) is 0. The summed E-state index contributed by atoms with van der Waals surface area (Å²) in [6.07, 6.45) is 1.91. The molecule has 4 nitrogen and oxygen atoms in total. The van der Waals surface area contributed by atoms with Crippen molar-refractivity contribution in [3.63, 3.8) is 0 Å². The lowest BCUT2D eigenvalue weighted by atomic mass is 9.98. The maximum atomic E-state index is 11.6. The minimum Gasteiger partial charge on any atom is -0.482 e. The number of rotatable bonds is 0. The number of nitrogens with zero attached hydrogens (tertiary/aromatic N) is 1. The van der Waals surface area contributed by atoms with Crippen LogP contribution in [0, 0.1) is 0 Å². The average molecular weight is 204 g/mol. The maximum absolute atomic E-state index is 11.6. The molecule has 3 rings (SSSR count). The lowest BCUT2D eigenvalue weighted by Crippen LogP contribution is -2.42. The Morgan fingerprint density at radius 2 is 2.27 bits per heavy atom. The molecule has 2 heterocycles. The zero-order valence-electron chi connectivity index (χ0n) is 8.32. The van der Waals surface area contributed by atoms with E-state index in [1.54, 1.807) is 4.90 Å². The molecule has 2 aliphatic heterocycles. The number of ether oxygens (including phenoxy) is 1. The molecule has 0 bridgehead atoms. The van der Waals surface area contributed by atoms with E-state index in [4.69, 9.17) is 10.5 Å². The van der Waals surface area contributed by atoms with Crippen LogP contribution in [0.25, 0.3) is 0 Å². The molecular formula is C11H12N2O2. The van der Waals surface area contributed by atoms with Gasteiger partial charge >= 0.3 is 0 Å². The Morgan fingerprint density at radius 1 is 1.40 bits per heavy atom. The van der Waals surface area contributed by atoms with Gasteiger partial charge in [-0.25, -0.2) is 0 Å². The van der Waals surface area contributed by atoms with Crippen molar-refractivity contribution in [1.29, 1.82) is 0 Å². The lowest BCUT2D eigenvalue weighted by Gasteiger charge is -2.35. The first-order valence-electron chi connectivity index (χ1n) is 5.12. The van der Waals surface area contributed by atoms with Gasteiger partial charge in [-0.3, -0.25) is 4.79 Å². The minimum atomic E-state index is 0.0362. The van der Waals surface area contributed by atoms with Gasteiger partial charge in [0.2, 0.25) is 0 Å². The summed E-state index contributed by atoms with van der Waals surface area (Å²) in [5.41, 5.74) is 8.63. The number of carbonyl (C=O) groups excluding carboxylic acids is 1. The van der Waals surface area contributed by atoms with E-state index in [2.05, 4.69) is 0 Å². The van der Waals surface area contributed by atoms with Crippen molar-refractivity contribution in [2.75, 3.05) is 23.8 Å². The second kappa shape index (κ2) is 2.89. The molecule has 0 atom stereocenters. The summed E-state index contributed by atoms with van der Waals surface area (Å²) in [6, 6.07) is 3.70. The van der Waals surface area contributed by atoms with Crippen LogP contribution in [0.4, 0.5) is 11.4 Å². The fourth-order valence-electron chi connectivity index (χ4n) is 2.30. The molecule has 4 heteroatoms. The second-order valence-corrected chi connectivity index (χ2v) is 3.92. The highest BCUT2D eigenvalue weighted by atomic mass is 16.5. The van der Waals surface area contributed by atoms with Crippen LogP contribution in [0.3, 0.4) is 0 Å². The Hall–Kier alpha value is -1.71. The van der Waals surface area contributed by atoms with E-state index < -0.39 is 0 Å². The summed E-state index contributed by atoms with van der Waals surface area (Å²) in [4.78, 5) is 13.4. The third-order valence-electron chi connectivity index (χ3n) is 3.01. The highest BCUT2D eigenvalue weighted by Crippen LogP contribution is 2.41. The first kappa shape index (κ1) is 8.59. The van der Waals surface area contributed by atoms with Gasteiger partial charge in [0, 0.05) is 17.8 Å². The summed E-state index contributed by atoms with van der Waals surface area (Å²) in [6.45, 7) is 0.933. The van der Waals surface area contributed by atoms with Gasteiger partial charge in [-0.1, -0.05) is 0 Å². The fourth-order valence-corrected chi connectivity index (χ4v) is 2.30. The van der Waals surface area contributed by atoms with Crippen LogP contribution < -0.4 is 15.4 Å². The molecule has 0 radical (unpaired) electrons. The molecule has 0 aliphatic carbocycles. The monoisotopic (exact) mass is 204 g/mol. The van der Waals surface area contributed by atoms with Gasteiger partial charge in [0.05, 0.1) is 5.69 Å². The Morgan fingerprint density at radius 3 is 3.13 bits per heavy atom. The van der Waals surface area contributed by atoms with Crippen molar-refractivity contribution in [3.05, 3.63) is 17.7 Å². The third-order valence-corrected chi connectivity index (χ3v) is 3.01. The fraction of sp³-hybridized carbons (Fsp3) is 0.364. The van der Waals surface area contributed by atoms with Gasteiger partial charge in [-0.2, -0.15) is 0 Å². The van der Waals surface area contributed by atoms with Gasteiger partial charge in [-0.15, -0.1) is 0 Å². The van der Waals surface area contributed by atoms with Crippen molar-refractivity contribution in [2.45, 2.75) is 12.8 Å². The van der Waals surface area contributed by atoms with Gasteiger partial charge in [0.1, 0.15) is 5.75 Å². The summed E-state index contributed by atoms with van der Waals surface area (Å²) < 4.78 is 5.39. The first-order chi connectivity index (χ1) is 7.27. The number of nitrogens with two attached hydrogens (primary N) is 1. The van der Waals surface area contributed by atoms with Crippen LogP contribution in [0.15, 0.2) is 12.1 Å². The van der Waals surface area contributed by atoms with E-state index in [-0.39, 0.29) is 12.5 Å². The normalized spacial score (nSPS) is 18.4. The molecule has 78 valence electrons. The van der Waals surface area contributed by atoms with Gasteiger partial charge in [0.15, 0.2) is 6.61 Å². The van der Waals surface area contributed by atoms with Crippen LogP contribution >= 0.6 is 0 Å². The predicted octanol–water partition coefficient (Wildman–Crippen LogP) is 0.940. The van der Waals surface area contributed by atoms with E-state index >= 15 is 0 Å². The molecule has 1 aromatic rings. The molecule has 0 unspecified atom stereocenters. The van der Waals surface area contributed by atoms with Crippen molar-refractivity contribution in [2.24, 2.45) is 0 Å². The van der Waals surface area contributed by atoms with Crippen molar-refractivity contribution >= 4 is 17.3 Å². The van der Waals surface area contributed by atoms with Crippen molar-refractivity contribution < 1.29 is 9.53 Å². The average Bonchev–Trinajstić information content (AvgIpc) is 2.27. The number of carbonyl (C=O) groups is 1. The topological polar surface area (TPSA) is 55.6 Å². The van der Waals surface area contributed by atoms with Crippen LogP contribution in [0.1, 0.15) is 12.0 Å². The largest absolute Gasteiger partial charge is 0.482 e. The maximum Gasteiger partial charge on any atom is 0.265 e. The molecule has 0 saturated heterocycles. The molecular weight excluding hydrogens is 192 g/mol. The number of amides is 1. The van der Waals surface area contributed by atoms with Gasteiger partial charge in [-0.05, 0) is 25.0 Å². The Balaban J connectivity index is 2.25. The van der Waals surface area contributed by atoms with Crippen LogP contribution in [0.2, 0.25) is 0 Å². The van der Waals surface area contributed by atoms with Crippen LogP contribution in [-0.2, 0) is 11.2 Å². The zero-order chi connectivity index (χ0) is 10.4. The van der Waals surface area contributed by atoms with Crippen LogP contribution in [-0.4, -0.2) is 19.1 Å². The summed E-state index contributed by atoms with van der Waals surface area (Å²) in [5.74, 6) is 0.826. The number of anilines is 2. The van der Waals surface area contributed by atoms with E-state index in [0.29, 0.717) is 0 Å². The molecule has 2 aliphatic rings. The predicted molar refractivity (Wildman–Crippen MR) is 57.0 cm³/mol. The molecule has 0 spiro atoms. The highest BCUT2D eigenvalue weighted by molar-refractivity contribution is 6.00. The van der Waals surface area contributed by atoms with Crippen molar-refractivity contribution in [1.82, 2.24) is 0 Å². The minimum absolute atomic E-state index is 0.0362. The standard InChI is InChI=1S/C11H12N2O2/c12-8-3-4-9-11-7(8)2-1-5-13(11)10(14)6-15-9/h3-4H,1-2,5-6,12H2. The molecule has 0 saturated carbocycles. The number of nitrogen functional groups attached to an aromatic ring is 1. The first-order valence-corrected chi connectivity index (χ1v) is 5.12. The third kappa shape index (κ3) is 1.11. The molecule has 2 N–H and O–H groups in total. The number of benzene rings is 1. The Bertz CT molecular complexity index is 442. The SMILES string of the molecule is Nc1ccc2c3c1CCCN3C(=O)CO2. The van der Waals surface area contributed by atoms with E-state index in [1.807, 2.05) is 12.1 Å². The summed E-state index contributed by atoms with van der Waals surface area (Å²) >= 11 is 0. The van der Waals surface area contributed by atoms with Crippen LogP contribution in [0.5, 0.6) is 5.75 Å². The highest BCUT2D eigenvalue weighted by Gasteiger charge is 2.31. The Kier molecular flexibility index (Phi) is 1.65. The number of hydrogen-bond donors (Lipinski definition) is 1. The molecule has 0 aromatic heterocycles. The van der Waals surface area contributed by atoms with E-state index in [0.717, 1.165) is 42.1 Å². The molecule has 15 heavy (non-hydrogen) atoms. The van der Waals surface area contributed by atoms with E-state index in [9.17, 15) is 4.79 Å². The Labute approximate surface area is 87.6 Å². The molecule has 1 amide bonds. The quantitative estimate of drug-likeness (QED) is 0.640. The number of hydrogen-bond acceptors (Lipinski definition) is 3. The summed E-state index contributed by atoms with van der Waals surface area (Å²) in [5, 5.41) is 0. The molecule has 0 fully saturated rings. The second-order valence-electron chi connectivity index (χ2n) is 3.92. The zero-order valence-corrected chi connectivity index (χ0v) is 8.32. The van der Waals surface area contributed by atoms with Gasteiger partial charge in [0.25, 0.3) is 5.91 Å². The van der Waals surface area contributed by atoms with Gasteiger partial charge < -0.3 is 15.4 Å². The lowest BCUT2D eigenvalue weighted by molar-refractivity contribution is -0.121. The smallest absolute Gasteiger partial charge is 0.265 e. The molecule has 1 aromatic carbocycles. The van der Waals surface area contributed by atoms with Crippen molar-refractivity contribution in [3.8, 4) is 5.75 Å².